The number of carboxylic acid groups (broad SMARTS) is 1. The molecule has 2 unspecified atom stereocenters. The molecule has 14 N–H and O–H groups in total. The molecule has 0 aliphatic carbocycles. The van der Waals surface area contributed by atoms with E-state index in [4.69, 9.17) is 69.3 Å². The molecule has 1 aromatic carbocycles. The zero-order valence-corrected chi connectivity index (χ0v) is 56.3. The first kappa shape index (κ1) is 75.0. The number of phosphoric acid groups is 1. The number of imidazole rings is 1. The summed E-state index contributed by atoms with van der Waals surface area (Å²) in [7, 11) is -5.33. The van der Waals surface area contributed by atoms with Crippen LogP contribution in [0.25, 0.3) is 11.0 Å². The van der Waals surface area contributed by atoms with Gasteiger partial charge in [-0.3, -0.25) is 48.3 Å². The van der Waals surface area contributed by atoms with E-state index in [1.165, 1.54) is 17.8 Å². The molecule has 2 fully saturated rings. The normalized spacial score (nSPS) is 33.1. The van der Waals surface area contributed by atoms with E-state index >= 15 is 0 Å². The minimum Gasteiger partial charge on any atom is -0.756 e. The SMILES string of the molecule is C/C1=C2N=C(/C=C3\N/C(=C(/C)C4=N[C@@](C)(C5N=C1[C@](C)(CCC(=O)NC[C@H](C)OP(=O)([O-])O[C@H]1[C@@H](O)[C@@H](n6cnc7cc(C)c(C)cc76)O[C@@H]1CO)[C@H]5CC(N)=O)[C@@](C)(CC(N)=O)[C@@H]4CCC(N)=O)[C@@](C)(CC(N)=O)[C@@H]3CCC(N)=O)C(C)(C)[C@@H]/2CCC(=O)[O-].[C-]#N.[Co+3]. The number of aliphatic hydroxyl groups is 2. The number of nitrogens with one attached hydrogen (secondary N) is 2. The molecule has 1 aromatic heterocycles. The number of benzene rings is 1. The Bertz CT molecular complexity index is 3600. The Kier molecular flexibility index (Phi) is 23.0. The van der Waals surface area contributed by atoms with Crippen LogP contribution < -0.4 is 49.3 Å². The van der Waals surface area contributed by atoms with Crippen molar-refractivity contribution < 1.29 is 88.9 Å². The van der Waals surface area contributed by atoms with Crippen LogP contribution in [0.2, 0.25) is 0 Å². The second kappa shape index (κ2) is 28.5. The minimum atomic E-state index is -5.33. The maximum Gasteiger partial charge on any atom is 3.00 e. The molecule has 30 heteroatoms. The van der Waals surface area contributed by atoms with Gasteiger partial charge in [0.05, 0.1) is 41.7 Å². The molecule has 0 radical (unpaired) electrons. The van der Waals surface area contributed by atoms with Crippen LogP contribution in [0.3, 0.4) is 0 Å². The van der Waals surface area contributed by atoms with E-state index in [2.05, 4.69) is 15.6 Å². The average molecular weight is 1360 g/mol. The minimum absolute atomic E-state index is 0. The Labute approximate surface area is 550 Å². The number of ether oxygens (including phenoxy) is 1. The summed E-state index contributed by atoms with van der Waals surface area (Å²) in [5, 5.41) is 46.7. The topological polar surface area (TPSA) is 484 Å². The first-order valence-corrected chi connectivity index (χ1v) is 32.1. The van der Waals surface area contributed by atoms with Crippen LogP contribution in [0.5, 0.6) is 0 Å². The van der Waals surface area contributed by atoms with Crippen LogP contribution in [-0.2, 0) is 68.7 Å². The molecule has 0 saturated carbocycles. The van der Waals surface area contributed by atoms with Crippen LogP contribution in [0.15, 0.2) is 67.8 Å². The van der Waals surface area contributed by atoms with Crippen LogP contribution in [0.1, 0.15) is 150 Å². The van der Waals surface area contributed by atoms with Crippen molar-refractivity contribution in [2.75, 3.05) is 13.2 Å². The van der Waals surface area contributed by atoms with Gasteiger partial charge in [0.15, 0.2) is 6.23 Å². The Balaban J connectivity index is 0.00000453. The van der Waals surface area contributed by atoms with Gasteiger partial charge in [0.2, 0.25) is 35.4 Å². The van der Waals surface area contributed by atoms with Gasteiger partial charge in [-0.2, -0.15) is 0 Å². The van der Waals surface area contributed by atoms with Gasteiger partial charge in [0, 0.05) is 131 Å². The number of aliphatic carboxylic acids is 1. The number of hydrogen-bond acceptors (Lipinski definition) is 21. The molecule has 2 saturated heterocycles. The number of carbonyl (C=O) groups excluding carboxylic acids is 7. The number of aryl methyl sites for hydroxylation is 2. The van der Waals surface area contributed by atoms with Crippen molar-refractivity contribution in [3.05, 3.63) is 70.5 Å². The van der Waals surface area contributed by atoms with Crippen molar-refractivity contribution in [1.29, 1.82) is 5.26 Å². The zero-order valence-electron chi connectivity index (χ0n) is 54.3. The summed E-state index contributed by atoms with van der Waals surface area (Å²) in [6, 6.07) is 2.63. The number of amides is 6. The fraction of sp³-hybridized carbons (Fsp3) is 0.619. The number of nitrogens with two attached hydrogens (primary N) is 5. The second-order valence-corrected chi connectivity index (χ2v) is 28.3. The van der Waals surface area contributed by atoms with Crippen molar-refractivity contribution in [2.45, 2.75) is 189 Å². The number of rotatable bonds is 26. The first-order chi connectivity index (χ1) is 42.8. The number of aliphatic hydroxyl groups excluding tert-OH is 2. The van der Waals surface area contributed by atoms with Crippen molar-refractivity contribution in [1.82, 2.24) is 20.2 Å². The van der Waals surface area contributed by atoms with Gasteiger partial charge in [-0.1, -0.05) is 34.6 Å². The zero-order chi connectivity index (χ0) is 68.7. The number of carbonyl (C=O) groups is 7. The van der Waals surface area contributed by atoms with Gasteiger partial charge in [-0.05, 0) is 114 Å². The predicted molar refractivity (Wildman–Crippen MR) is 332 cm³/mol. The summed E-state index contributed by atoms with van der Waals surface area (Å²) >= 11 is 0. The standard InChI is InChI=1S/C62H89N12O15P.CN.Co/c1-29-20-39-40(21-30(29)2)74(28-69-39)57-52(84)53(41(27-75)87-57)89-90(85,86)88-31(3)26-68-48(81)18-19-59(8)37(22-45(65)78)56-62(11)61(10,25-47(67)80)36(13-16-44(64)77)51(73-62)33(5)55-60(9,24-46(66)79)34(12-15-43(63)76)38(70-55)23-42-58(6,7)35(14-17-49(82)83)50(71-42)32(4)54(59)72-56;1-2;/h20-21,23,28,31,34-37,41,52-53,56-57,70,75,84H,12-19,22,24-27H2,1-11H3,(H2,63,76)(H2,64,77)(H2,65,78)(H2,66,79)(H2,67,80)(H,68,81)(H,82,83)(H,85,86);;/q;-1;+3/p-2/b38-23-,50-32-,55-33-;;/t31-,34+,35+,36+,37-,41+,52+,53+,56?,57-,59+,60-,61-,62-;;/m0../s1. The van der Waals surface area contributed by atoms with E-state index in [-0.39, 0.29) is 94.0 Å². The molecule has 6 amide bonds. The summed E-state index contributed by atoms with van der Waals surface area (Å²) in [4.78, 5) is 128. The first-order valence-electron chi connectivity index (χ1n) is 30.7. The number of primary amides is 5. The molecule has 93 heavy (non-hydrogen) atoms. The van der Waals surface area contributed by atoms with E-state index in [9.17, 15) is 58.3 Å². The van der Waals surface area contributed by atoms with Crippen LogP contribution in [0, 0.1) is 71.0 Å². The van der Waals surface area contributed by atoms with Crippen molar-refractivity contribution in [3.63, 3.8) is 0 Å². The van der Waals surface area contributed by atoms with Crippen LogP contribution >= 0.6 is 7.82 Å². The molecule has 28 nitrogen and oxygen atoms in total. The number of hydrogen-bond donors (Lipinski definition) is 9. The van der Waals surface area contributed by atoms with E-state index in [1.54, 1.807) is 20.8 Å². The molecule has 8 bridgehead atoms. The maximum atomic E-state index is 14.3. The predicted octanol–water partition coefficient (Wildman–Crippen LogP) is 1.89. The average Bonchev–Trinajstić information content (AvgIpc) is 1.53. The van der Waals surface area contributed by atoms with E-state index in [1.807, 2.05) is 66.7 Å². The smallest absolute Gasteiger partial charge is 0.756 e. The third kappa shape index (κ3) is 14.6. The fourth-order valence-electron chi connectivity index (χ4n) is 15.4. The maximum absolute atomic E-state index is 14.3. The van der Waals surface area contributed by atoms with Crippen molar-refractivity contribution >= 4 is 77.4 Å². The Hall–Kier alpha value is -7.00. The number of allylic oxidation sites excluding steroid dienone is 6. The fourth-order valence-corrected chi connectivity index (χ4v) is 16.5. The third-order valence-electron chi connectivity index (χ3n) is 20.5. The van der Waals surface area contributed by atoms with Gasteiger partial charge in [0.25, 0.3) is 7.82 Å². The summed E-state index contributed by atoms with van der Waals surface area (Å²) in [6.45, 7) is 23.5. The van der Waals surface area contributed by atoms with E-state index in [0.29, 0.717) is 56.4 Å². The van der Waals surface area contributed by atoms with Gasteiger partial charge in [-0.15, -0.1) is 0 Å². The number of carboxylic acids is 1. The van der Waals surface area contributed by atoms with E-state index in [0.717, 1.165) is 11.1 Å². The summed E-state index contributed by atoms with van der Waals surface area (Å²) in [6.07, 6.45) is -5.38. The van der Waals surface area contributed by atoms with Gasteiger partial charge >= 0.3 is 16.8 Å². The summed E-state index contributed by atoms with van der Waals surface area (Å²) in [5.41, 5.74) is 30.7. The van der Waals surface area contributed by atoms with E-state index < -0.39 is 143 Å². The molecule has 8 rings (SSSR count). The van der Waals surface area contributed by atoms with Gasteiger partial charge < -0.3 is 94.5 Å². The van der Waals surface area contributed by atoms with Crippen molar-refractivity contribution in [2.24, 2.45) is 89.0 Å². The number of phosphoric ester groups is 1. The van der Waals surface area contributed by atoms with Gasteiger partial charge in [0.1, 0.15) is 18.3 Å². The Morgan fingerprint density at radius 2 is 1.45 bits per heavy atom. The summed E-state index contributed by atoms with van der Waals surface area (Å²) < 4.78 is 31.8. The largest absolute Gasteiger partial charge is 3.00 e. The molecular weight excluding hydrogens is 1270 g/mol. The molecule has 6 aliphatic heterocycles. The number of nitrogens with zero attached hydrogens (tertiary/aromatic N) is 6. The molecule has 7 heterocycles. The molecule has 6 aliphatic rings. The quantitative estimate of drug-likeness (QED) is 0.0480. The molecule has 508 valence electrons. The molecule has 2 aromatic rings. The summed E-state index contributed by atoms with van der Waals surface area (Å²) in [5.74, 6) is -8.29. The molecular formula is C63H87CoN13O15P. The number of fused-ring (bicyclic) bond motifs is 7. The Morgan fingerprint density at radius 1 is 0.849 bits per heavy atom. The monoisotopic (exact) mass is 1360 g/mol. The molecule has 15 atom stereocenters. The van der Waals surface area contributed by atoms with Crippen LogP contribution in [0.4, 0.5) is 0 Å². The molecule has 0 spiro atoms. The number of aromatic nitrogens is 2. The van der Waals surface area contributed by atoms with Crippen molar-refractivity contribution in [3.8, 4) is 0 Å². The van der Waals surface area contributed by atoms with Gasteiger partial charge in [-0.25, -0.2) is 4.98 Å². The second-order valence-electron chi connectivity index (χ2n) is 27.0. The Morgan fingerprint density at radius 3 is 2.03 bits per heavy atom. The number of aliphatic imine (C=N–C) groups is 3. The third-order valence-corrected chi connectivity index (χ3v) is 21.7. The van der Waals surface area contributed by atoms with Crippen LogP contribution in [-0.4, -0.2) is 127 Å².